The molecule has 5 heteroatoms. The second-order valence-electron chi connectivity index (χ2n) is 6.32. The number of aliphatic hydroxyl groups excluding tert-OH is 1. The van der Waals surface area contributed by atoms with Crippen molar-refractivity contribution < 1.29 is 19.0 Å². The maximum absolute atomic E-state index is 12.9. The highest BCUT2D eigenvalue weighted by Gasteiger charge is 2.37. The SMILES string of the molecule is OCC1(CNCc2cccc(OCc3ccc(F)cc3)c2)COC1. The summed E-state index contributed by atoms with van der Waals surface area (Å²) in [5.74, 6) is 0.534. The van der Waals surface area contributed by atoms with E-state index in [2.05, 4.69) is 5.32 Å². The van der Waals surface area contributed by atoms with Gasteiger partial charge in [-0.15, -0.1) is 0 Å². The fourth-order valence-corrected chi connectivity index (χ4v) is 2.60. The van der Waals surface area contributed by atoms with E-state index in [0.717, 1.165) is 23.4 Å². The third kappa shape index (κ3) is 4.32. The van der Waals surface area contributed by atoms with Gasteiger partial charge in [0.25, 0.3) is 0 Å². The molecule has 3 rings (SSSR count). The van der Waals surface area contributed by atoms with Crippen molar-refractivity contribution in [2.75, 3.05) is 26.4 Å². The smallest absolute Gasteiger partial charge is 0.123 e. The molecule has 2 N–H and O–H groups in total. The molecular weight excluding hydrogens is 309 g/mol. The summed E-state index contributed by atoms with van der Waals surface area (Å²) in [4.78, 5) is 0. The van der Waals surface area contributed by atoms with Gasteiger partial charge in [0, 0.05) is 13.1 Å². The first-order valence-electron chi connectivity index (χ1n) is 8.05. The van der Waals surface area contributed by atoms with Crippen LogP contribution in [0.4, 0.5) is 4.39 Å². The van der Waals surface area contributed by atoms with E-state index in [4.69, 9.17) is 9.47 Å². The molecule has 0 aliphatic carbocycles. The predicted octanol–water partition coefficient (Wildman–Crippen LogP) is 2.50. The first-order valence-corrected chi connectivity index (χ1v) is 8.05. The van der Waals surface area contributed by atoms with Crippen molar-refractivity contribution in [2.24, 2.45) is 5.41 Å². The van der Waals surface area contributed by atoms with E-state index >= 15 is 0 Å². The predicted molar refractivity (Wildman–Crippen MR) is 89.2 cm³/mol. The van der Waals surface area contributed by atoms with E-state index < -0.39 is 0 Å². The first-order chi connectivity index (χ1) is 11.7. The maximum atomic E-state index is 12.9. The standard InChI is InChI=1S/C19H22FNO3/c20-17-6-4-15(5-7-17)10-24-18-3-1-2-16(8-18)9-21-11-19(12-22)13-23-14-19/h1-8,21-22H,9-14H2. The molecule has 4 nitrogen and oxygen atoms in total. The average Bonchev–Trinajstić information content (AvgIpc) is 2.57. The van der Waals surface area contributed by atoms with Gasteiger partial charge in [-0.2, -0.15) is 0 Å². The van der Waals surface area contributed by atoms with Crippen molar-refractivity contribution in [1.29, 1.82) is 0 Å². The molecule has 0 bridgehead atoms. The topological polar surface area (TPSA) is 50.7 Å². The van der Waals surface area contributed by atoms with Crippen molar-refractivity contribution in [1.82, 2.24) is 5.32 Å². The summed E-state index contributed by atoms with van der Waals surface area (Å²) >= 11 is 0. The lowest BCUT2D eigenvalue weighted by atomic mass is 9.87. The van der Waals surface area contributed by atoms with Crippen LogP contribution >= 0.6 is 0 Å². The third-order valence-corrected chi connectivity index (χ3v) is 4.20. The van der Waals surface area contributed by atoms with Crippen LogP contribution in [0.2, 0.25) is 0 Å². The number of benzene rings is 2. The minimum atomic E-state index is -0.246. The van der Waals surface area contributed by atoms with Crippen LogP contribution in [-0.4, -0.2) is 31.5 Å². The lowest BCUT2D eigenvalue weighted by Crippen LogP contribution is -2.52. The van der Waals surface area contributed by atoms with E-state index in [9.17, 15) is 9.50 Å². The summed E-state index contributed by atoms with van der Waals surface area (Å²) in [6.45, 7) is 3.19. The number of nitrogens with one attached hydrogen (secondary N) is 1. The number of halogens is 1. The summed E-state index contributed by atoms with van der Waals surface area (Å²) < 4.78 is 23.8. The van der Waals surface area contributed by atoms with Gasteiger partial charge in [-0.05, 0) is 35.4 Å². The highest BCUT2D eigenvalue weighted by Crippen LogP contribution is 2.25. The van der Waals surface area contributed by atoms with Crippen LogP contribution in [0.1, 0.15) is 11.1 Å². The minimum absolute atomic E-state index is 0.128. The molecule has 2 aromatic carbocycles. The summed E-state index contributed by atoms with van der Waals surface area (Å²) in [7, 11) is 0. The van der Waals surface area contributed by atoms with Gasteiger partial charge in [0.2, 0.25) is 0 Å². The second-order valence-corrected chi connectivity index (χ2v) is 6.32. The largest absolute Gasteiger partial charge is 0.489 e. The molecule has 0 aromatic heterocycles. The molecule has 0 radical (unpaired) electrons. The molecule has 0 unspecified atom stereocenters. The molecule has 128 valence electrons. The molecular formula is C19H22FNO3. The number of hydrogen-bond acceptors (Lipinski definition) is 4. The van der Waals surface area contributed by atoms with Crippen LogP contribution in [0, 0.1) is 11.2 Å². The number of hydrogen-bond donors (Lipinski definition) is 2. The van der Waals surface area contributed by atoms with Crippen LogP contribution in [0.3, 0.4) is 0 Å². The summed E-state index contributed by atoms with van der Waals surface area (Å²) in [5, 5.41) is 12.8. The Morgan fingerprint density at radius 2 is 1.92 bits per heavy atom. The van der Waals surface area contributed by atoms with Gasteiger partial charge in [0.05, 0.1) is 25.2 Å². The van der Waals surface area contributed by atoms with Crippen molar-refractivity contribution in [3.8, 4) is 5.75 Å². The Bertz CT molecular complexity index is 650. The number of ether oxygens (including phenoxy) is 2. The summed E-state index contributed by atoms with van der Waals surface area (Å²) in [6.07, 6.45) is 0. The Hall–Kier alpha value is -1.95. The Morgan fingerprint density at radius 1 is 1.12 bits per heavy atom. The molecule has 0 atom stereocenters. The second kappa shape index (κ2) is 7.75. The Morgan fingerprint density at radius 3 is 2.58 bits per heavy atom. The third-order valence-electron chi connectivity index (χ3n) is 4.20. The molecule has 1 aliphatic heterocycles. The van der Waals surface area contributed by atoms with E-state index in [1.165, 1.54) is 12.1 Å². The fourth-order valence-electron chi connectivity index (χ4n) is 2.60. The Balaban J connectivity index is 1.49. The van der Waals surface area contributed by atoms with Crippen LogP contribution < -0.4 is 10.1 Å². The van der Waals surface area contributed by atoms with Gasteiger partial charge >= 0.3 is 0 Å². The summed E-state index contributed by atoms with van der Waals surface area (Å²) in [6, 6.07) is 14.2. The van der Waals surface area contributed by atoms with Crippen LogP contribution in [-0.2, 0) is 17.9 Å². The van der Waals surface area contributed by atoms with E-state index in [1.807, 2.05) is 24.3 Å². The Labute approximate surface area is 141 Å². The molecule has 2 aromatic rings. The van der Waals surface area contributed by atoms with E-state index in [-0.39, 0.29) is 17.8 Å². The van der Waals surface area contributed by atoms with Crippen LogP contribution in [0.25, 0.3) is 0 Å². The Kier molecular flexibility index (Phi) is 5.45. The van der Waals surface area contributed by atoms with Gasteiger partial charge in [-0.3, -0.25) is 0 Å². The van der Waals surface area contributed by atoms with Gasteiger partial charge < -0.3 is 19.9 Å². The number of rotatable bonds is 8. The van der Waals surface area contributed by atoms with Gasteiger partial charge in [-0.25, -0.2) is 4.39 Å². The van der Waals surface area contributed by atoms with Crippen LogP contribution in [0.15, 0.2) is 48.5 Å². The zero-order valence-corrected chi connectivity index (χ0v) is 13.5. The van der Waals surface area contributed by atoms with Gasteiger partial charge in [0.15, 0.2) is 0 Å². The van der Waals surface area contributed by atoms with E-state index in [0.29, 0.717) is 26.4 Å². The van der Waals surface area contributed by atoms with Crippen molar-refractivity contribution >= 4 is 0 Å². The van der Waals surface area contributed by atoms with Crippen LogP contribution in [0.5, 0.6) is 5.75 Å². The van der Waals surface area contributed by atoms with Gasteiger partial charge in [-0.1, -0.05) is 24.3 Å². The zero-order valence-electron chi connectivity index (χ0n) is 13.5. The van der Waals surface area contributed by atoms with Crippen molar-refractivity contribution in [3.63, 3.8) is 0 Å². The normalized spacial score (nSPS) is 15.8. The molecule has 0 spiro atoms. The molecule has 0 amide bonds. The fraction of sp³-hybridized carbons (Fsp3) is 0.368. The molecule has 1 heterocycles. The molecule has 0 saturated carbocycles. The zero-order chi connectivity index (χ0) is 16.8. The van der Waals surface area contributed by atoms with Crippen molar-refractivity contribution in [2.45, 2.75) is 13.2 Å². The summed E-state index contributed by atoms with van der Waals surface area (Å²) in [5.41, 5.74) is 1.91. The molecule has 24 heavy (non-hydrogen) atoms. The molecule has 1 fully saturated rings. The van der Waals surface area contributed by atoms with Crippen molar-refractivity contribution in [3.05, 3.63) is 65.5 Å². The maximum Gasteiger partial charge on any atom is 0.123 e. The number of aliphatic hydroxyl groups is 1. The molecule has 1 saturated heterocycles. The monoisotopic (exact) mass is 331 g/mol. The molecule has 1 aliphatic rings. The lowest BCUT2D eigenvalue weighted by Gasteiger charge is -2.40. The average molecular weight is 331 g/mol. The first kappa shape index (κ1) is 16.9. The lowest BCUT2D eigenvalue weighted by molar-refractivity contribution is -0.134. The van der Waals surface area contributed by atoms with E-state index in [1.54, 1.807) is 12.1 Å². The quantitative estimate of drug-likeness (QED) is 0.780. The minimum Gasteiger partial charge on any atom is -0.489 e. The van der Waals surface area contributed by atoms with Gasteiger partial charge in [0.1, 0.15) is 18.2 Å². The highest BCUT2D eigenvalue weighted by molar-refractivity contribution is 5.29. The highest BCUT2D eigenvalue weighted by atomic mass is 19.1.